The van der Waals surface area contributed by atoms with E-state index in [1.807, 2.05) is 30.3 Å². The first-order valence-corrected chi connectivity index (χ1v) is 5.68. The SMILES string of the molecule is O=S(=O)(O)CCC#Cc1ccccc1. The van der Waals surface area contributed by atoms with E-state index in [9.17, 15) is 8.42 Å². The van der Waals surface area contributed by atoms with Gasteiger partial charge in [0, 0.05) is 12.0 Å². The molecule has 0 spiro atoms. The van der Waals surface area contributed by atoms with Gasteiger partial charge in [0.05, 0.1) is 5.75 Å². The van der Waals surface area contributed by atoms with Crippen LogP contribution in [0.15, 0.2) is 30.3 Å². The highest BCUT2D eigenvalue weighted by atomic mass is 32.2. The molecule has 74 valence electrons. The van der Waals surface area contributed by atoms with Gasteiger partial charge in [0.15, 0.2) is 0 Å². The summed E-state index contributed by atoms with van der Waals surface area (Å²) in [6.45, 7) is 0. The molecule has 0 unspecified atom stereocenters. The van der Waals surface area contributed by atoms with Crippen LogP contribution in [0.25, 0.3) is 0 Å². The second kappa shape index (κ2) is 4.80. The molecule has 0 radical (unpaired) electrons. The fourth-order valence-corrected chi connectivity index (χ4v) is 1.23. The number of hydrogen-bond acceptors (Lipinski definition) is 2. The molecule has 1 aromatic rings. The molecular formula is C10H10O3S. The summed E-state index contributed by atoms with van der Waals surface area (Å²) in [4.78, 5) is 0. The third-order valence-electron chi connectivity index (χ3n) is 1.49. The quantitative estimate of drug-likeness (QED) is 0.591. The molecule has 0 amide bonds. The Kier molecular flexibility index (Phi) is 3.69. The topological polar surface area (TPSA) is 54.4 Å². The normalized spacial score (nSPS) is 10.4. The van der Waals surface area contributed by atoms with Crippen molar-refractivity contribution in [2.24, 2.45) is 0 Å². The van der Waals surface area contributed by atoms with E-state index in [1.165, 1.54) is 0 Å². The van der Waals surface area contributed by atoms with Crippen molar-refractivity contribution in [3.05, 3.63) is 35.9 Å². The first-order valence-electron chi connectivity index (χ1n) is 4.07. The maximum atomic E-state index is 10.3. The van der Waals surface area contributed by atoms with Crippen LogP contribution in [0.1, 0.15) is 12.0 Å². The maximum Gasteiger partial charge on any atom is 0.265 e. The van der Waals surface area contributed by atoms with Gasteiger partial charge in [0.25, 0.3) is 10.1 Å². The lowest BCUT2D eigenvalue weighted by Gasteiger charge is -1.89. The van der Waals surface area contributed by atoms with Gasteiger partial charge < -0.3 is 0 Å². The Balaban J connectivity index is 2.50. The molecule has 14 heavy (non-hydrogen) atoms. The van der Waals surface area contributed by atoms with Crippen molar-refractivity contribution in [2.75, 3.05) is 5.75 Å². The number of rotatable bonds is 2. The molecule has 0 heterocycles. The van der Waals surface area contributed by atoms with Crippen LogP contribution in [0.5, 0.6) is 0 Å². The Morgan fingerprint density at radius 3 is 2.43 bits per heavy atom. The van der Waals surface area contributed by atoms with Crippen LogP contribution in [-0.4, -0.2) is 18.7 Å². The van der Waals surface area contributed by atoms with Crippen LogP contribution in [0.2, 0.25) is 0 Å². The highest BCUT2D eigenvalue weighted by Crippen LogP contribution is 1.95. The van der Waals surface area contributed by atoms with Crippen molar-refractivity contribution < 1.29 is 13.0 Å². The first-order chi connectivity index (χ1) is 6.58. The third-order valence-corrected chi connectivity index (χ3v) is 2.21. The molecule has 0 aliphatic heterocycles. The van der Waals surface area contributed by atoms with E-state index in [-0.39, 0.29) is 12.2 Å². The highest BCUT2D eigenvalue weighted by Gasteiger charge is 2.00. The summed E-state index contributed by atoms with van der Waals surface area (Å²) in [6, 6.07) is 9.25. The Hall–Kier alpha value is -1.31. The summed E-state index contributed by atoms with van der Waals surface area (Å²) < 4.78 is 29.1. The number of benzene rings is 1. The predicted octanol–water partition coefficient (Wildman–Crippen LogP) is 1.32. The minimum Gasteiger partial charge on any atom is -0.286 e. The predicted molar refractivity (Wildman–Crippen MR) is 54.4 cm³/mol. The maximum absolute atomic E-state index is 10.3. The fraction of sp³-hybridized carbons (Fsp3) is 0.200. The molecule has 0 bridgehead atoms. The van der Waals surface area contributed by atoms with E-state index in [1.54, 1.807) is 0 Å². The Labute approximate surface area is 83.5 Å². The third kappa shape index (κ3) is 4.65. The van der Waals surface area contributed by atoms with Gasteiger partial charge in [-0.1, -0.05) is 30.0 Å². The highest BCUT2D eigenvalue weighted by molar-refractivity contribution is 7.85. The lowest BCUT2D eigenvalue weighted by Crippen LogP contribution is -2.02. The molecule has 1 rings (SSSR count). The number of hydrogen-bond donors (Lipinski definition) is 1. The Morgan fingerprint density at radius 1 is 1.21 bits per heavy atom. The largest absolute Gasteiger partial charge is 0.286 e. The van der Waals surface area contributed by atoms with E-state index in [2.05, 4.69) is 11.8 Å². The second-order valence-corrected chi connectivity index (χ2v) is 4.28. The van der Waals surface area contributed by atoms with Crippen molar-refractivity contribution in [2.45, 2.75) is 6.42 Å². The summed E-state index contributed by atoms with van der Waals surface area (Å²) in [5.41, 5.74) is 0.836. The lowest BCUT2D eigenvalue weighted by molar-refractivity contribution is 0.483. The van der Waals surface area contributed by atoms with Gasteiger partial charge in [0.2, 0.25) is 0 Å². The molecule has 0 atom stereocenters. The summed E-state index contributed by atoms with van der Waals surface area (Å²) in [5.74, 6) is 5.15. The average Bonchev–Trinajstić information content (AvgIpc) is 2.13. The van der Waals surface area contributed by atoms with Crippen molar-refractivity contribution in [3.8, 4) is 11.8 Å². The zero-order valence-corrected chi connectivity index (χ0v) is 8.29. The monoisotopic (exact) mass is 210 g/mol. The van der Waals surface area contributed by atoms with Crippen molar-refractivity contribution in [1.29, 1.82) is 0 Å². The molecule has 0 saturated heterocycles. The van der Waals surface area contributed by atoms with Crippen molar-refractivity contribution in [3.63, 3.8) is 0 Å². The van der Waals surface area contributed by atoms with Crippen molar-refractivity contribution >= 4 is 10.1 Å². The van der Waals surface area contributed by atoms with Crippen LogP contribution >= 0.6 is 0 Å². The Morgan fingerprint density at radius 2 is 1.86 bits per heavy atom. The van der Waals surface area contributed by atoms with Gasteiger partial charge in [-0.3, -0.25) is 4.55 Å². The average molecular weight is 210 g/mol. The smallest absolute Gasteiger partial charge is 0.265 e. The summed E-state index contributed by atoms with van der Waals surface area (Å²) in [5, 5.41) is 0. The van der Waals surface area contributed by atoms with Crippen LogP contribution in [-0.2, 0) is 10.1 Å². The van der Waals surface area contributed by atoms with E-state index in [4.69, 9.17) is 4.55 Å². The first kappa shape index (κ1) is 10.8. The van der Waals surface area contributed by atoms with Gasteiger partial charge in [-0.05, 0) is 12.1 Å². The zero-order chi connectivity index (χ0) is 10.4. The van der Waals surface area contributed by atoms with Gasteiger partial charge in [0.1, 0.15) is 0 Å². The summed E-state index contributed by atoms with van der Waals surface area (Å²) in [6.07, 6.45) is 0.147. The molecule has 0 saturated carbocycles. The van der Waals surface area contributed by atoms with Crippen LogP contribution in [0.3, 0.4) is 0 Å². The van der Waals surface area contributed by atoms with E-state index >= 15 is 0 Å². The van der Waals surface area contributed by atoms with Crippen LogP contribution in [0, 0.1) is 11.8 Å². The second-order valence-electron chi connectivity index (χ2n) is 2.70. The van der Waals surface area contributed by atoms with Crippen molar-refractivity contribution in [1.82, 2.24) is 0 Å². The molecular weight excluding hydrogens is 200 g/mol. The van der Waals surface area contributed by atoms with Gasteiger partial charge in [-0.2, -0.15) is 8.42 Å². The fourth-order valence-electron chi connectivity index (χ4n) is 0.866. The minimum absolute atomic E-state index is 0.147. The van der Waals surface area contributed by atoms with E-state index < -0.39 is 10.1 Å². The summed E-state index contributed by atoms with van der Waals surface area (Å²) >= 11 is 0. The molecule has 0 aliphatic carbocycles. The van der Waals surface area contributed by atoms with Gasteiger partial charge in [-0.25, -0.2) is 0 Å². The molecule has 1 aromatic carbocycles. The molecule has 0 aromatic heterocycles. The molecule has 4 heteroatoms. The lowest BCUT2D eigenvalue weighted by atomic mass is 10.2. The zero-order valence-electron chi connectivity index (χ0n) is 7.47. The molecule has 1 N–H and O–H groups in total. The molecule has 3 nitrogen and oxygen atoms in total. The van der Waals surface area contributed by atoms with Gasteiger partial charge in [-0.15, -0.1) is 0 Å². The van der Waals surface area contributed by atoms with E-state index in [0.717, 1.165) is 5.56 Å². The van der Waals surface area contributed by atoms with Crippen LogP contribution in [0.4, 0.5) is 0 Å². The van der Waals surface area contributed by atoms with E-state index in [0.29, 0.717) is 0 Å². The molecule has 0 aliphatic rings. The van der Waals surface area contributed by atoms with Gasteiger partial charge >= 0.3 is 0 Å². The summed E-state index contributed by atoms with van der Waals surface area (Å²) in [7, 11) is -3.88. The minimum atomic E-state index is -3.88. The van der Waals surface area contributed by atoms with Crippen LogP contribution < -0.4 is 0 Å². The Bertz CT molecular complexity index is 437. The standard InChI is InChI=1S/C10H10O3S/c11-14(12,13)9-5-4-8-10-6-2-1-3-7-10/h1-3,6-7H,5,9H2,(H,11,12,13). The molecule has 0 fully saturated rings.